The van der Waals surface area contributed by atoms with Crippen LogP contribution in [0.4, 0.5) is 0 Å². The molecule has 0 aliphatic heterocycles. The first kappa shape index (κ1) is 12.9. The third-order valence-corrected chi connectivity index (χ3v) is 2.18. The average molecular weight is 252 g/mol. The van der Waals surface area contributed by atoms with Crippen LogP contribution in [-0.4, -0.2) is 21.4 Å². The zero-order valence-electron chi connectivity index (χ0n) is 8.38. The Labute approximate surface area is 87.8 Å². The van der Waals surface area contributed by atoms with E-state index >= 15 is 0 Å². The van der Waals surface area contributed by atoms with Crippen molar-refractivity contribution in [1.82, 2.24) is 0 Å². The molecule has 0 radical (unpaired) electrons. The maximum atomic E-state index is 10.1. The van der Waals surface area contributed by atoms with Crippen molar-refractivity contribution in [3.8, 4) is 0 Å². The van der Waals surface area contributed by atoms with Crippen molar-refractivity contribution in [2.75, 3.05) is 0 Å². The van der Waals surface area contributed by atoms with Gasteiger partial charge in [-0.3, -0.25) is 4.79 Å². The van der Waals surface area contributed by atoms with E-state index < -0.39 is 5.97 Å². The monoisotopic (exact) mass is 251 g/mol. The fraction of sp³-hybridized carbons (Fsp3) is 0.889. The van der Waals surface area contributed by atoms with Crippen molar-refractivity contribution >= 4 is 21.9 Å². The highest BCUT2D eigenvalue weighted by Crippen LogP contribution is 2.32. The molecule has 0 saturated heterocycles. The van der Waals surface area contributed by atoms with E-state index in [0.717, 1.165) is 12.8 Å². The number of aliphatic carboxylic acids is 1. The molecule has 1 aliphatic carbocycles. The largest absolute Gasteiger partial charge is 0.481 e. The average Bonchev–Trinajstić information content (AvgIpc) is 1.76. The SMILES string of the molecule is CC(C)(C)N.O=C(O)C1CC(Br)C1. The Bertz CT molecular complexity index is 165. The molecule has 3 N–H and O–H groups in total. The molecule has 0 aromatic heterocycles. The number of hydrogen-bond acceptors (Lipinski definition) is 2. The number of nitrogens with two attached hydrogens (primary N) is 1. The number of carbonyl (C=O) groups is 1. The van der Waals surface area contributed by atoms with Crippen LogP contribution in [0.5, 0.6) is 0 Å². The van der Waals surface area contributed by atoms with E-state index in [-0.39, 0.29) is 11.5 Å². The summed E-state index contributed by atoms with van der Waals surface area (Å²) >= 11 is 3.31. The van der Waals surface area contributed by atoms with E-state index in [0.29, 0.717) is 4.83 Å². The third-order valence-electron chi connectivity index (χ3n) is 1.43. The van der Waals surface area contributed by atoms with Gasteiger partial charge >= 0.3 is 5.97 Å². The van der Waals surface area contributed by atoms with Crippen molar-refractivity contribution in [1.29, 1.82) is 0 Å². The molecule has 13 heavy (non-hydrogen) atoms. The minimum Gasteiger partial charge on any atom is -0.481 e. The molecule has 3 nitrogen and oxygen atoms in total. The van der Waals surface area contributed by atoms with E-state index in [1.54, 1.807) is 0 Å². The first-order valence-electron chi connectivity index (χ1n) is 4.36. The minimum atomic E-state index is -0.652. The van der Waals surface area contributed by atoms with Crippen LogP contribution in [0, 0.1) is 5.92 Å². The summed E-state index contributed by atoms with van der Waals surface area (Å²) in [7, 11) is 0. The van der Waals surface area contributed by atoms with Crippen molar-refractivity contribution in [2.24, 2.45) is 11.7 Å². The van der Waals surface area contributed by atoms with Crippen molar-refractivity contribution in [3.05, 3.63) is 0 Å². The van der Waals surface area contributed by atoms with Gasteiger partial charge in [-0.05, 0) is 33.6 Å². The molecule has 0 bridgehead atoms. The number of hydrogen-bond donors (Lipinski definition) is 2. The summed E-state index contributed by atoms with van der Waals surface area (Å²) in [6, 6.07) is 0. The Morgan fingerprint density at radius 2 is 1.77 bits per heavy atom. The summed E-state index contributed by atoms with van der Waals surface area (Å²) in [6.45, 7) is 5.90. The molecule has 0 aromatic carbocycles. The second kappa shape index (κ2) is 4.96. The van der Waals surface area contributed by atoms with Crippen LogP contribution in [0.15, 0.2) is 0 Å². The van der Waals surface area contributed by atoms with Crippen LogP contribution < -0.4 is 5.73 Å². The lowest BCUT2D eigenvalue weighted by Crippen LogP contribution is -2.30. The first-order valence-corrected chi connectivity index (χ1v) is 5.27. The van der Waals surface area contributed by atoms with Gasteiger partial charge < -0.3 is 10.8 Å². The predicted molar refractivity (Wildman–Crippen MR) is 57.0 cm³/mol. The third kappa shape index (κ3) is 8.25. The zero-order chi connectivity index (χ0) is 10.6. The van der Waals surface area contributed by atoms with E-state index in [4.69, 9.17) is 10.8 Å². The van der Waals surface area contributed by atoms with Gasteiger partial charge in [-0.1, -0.05) is 15.9 Å². The lowest BCUT2D eigenvalue weighted by Gasteiger charge is -2.26. The number of alkyl halides is 1. The number of carboxylic acid groups (broad SMARTS) is 1. The molecular weight excluding hydrogens is 234 g/mol. The molecule has 0 unspecified atom stereocenters. The quantitative estimate of drug-likeness (QED) is 0.701. The van der Waals surface area contributed by atoms with E-state index in [9.17, 15) is 4.79 Å². The van der Waals surface area contributed by atoms with Gasteiger partial charge in [0.05, 0.1) is 5.92 Å². The Kier molecular flexibility index (Phi) is 4.92. The molecule has 0 spiro atoms. The Hall–Kier alpha value is -0.0900. The number of halogens is 1. The number of rotatable bonds is 1. The van der Waals surface area contributed by atoms with Crippen LogP contribution >= 0.6 is 15.9 Å². The predicted octanol–water partition coefficient (Wildman–Crippen LogP) is 1.99. The highest BCUT2D eigenvalue weighted by atomic mass is 79.9. The second-order valence-electron chi connectivity index (χ2n) is 4.47. The molecule has 4 heteroatoms. The van der Waals surface area contributed by atoms with Crippen LogP contribution in [0.3, 0.4) is 0 Å². The summed E-state index contributed by atoms with van der Waals surface area (Å²) < 4.78 is 0. The Morgan fingerprint density at radius 3 is 1.85 bits per heavy atom. The normalized spacial score (nSPS) is 26.8. The van der Waals surface area contributed by atoms with Crippen molar-refractivity contribution < 1.29 is 9.90 Å². The van der Waals surface area contributed by atoms with Crippen LogP contribution in [0.1, 0.15) is 33.6 Å². The molecular formula is C9H18BrNO2. The molecule has 0 heterocycles. The molecule has 1 rings (SSSR count). The highest BCUT2D eigenvalue weighted by molar-refractivity contribution is 9.09. The molecule has 0 amide bonds. The molecule has 1 saturated carbocycles. The Morgan fingerprint density at radius 1 is 1.46 bits per heavy atom. The summed E-state index contributed by atoms with van der Waals surface area (Å²) in [6.07, 6.45) is 1.60. The van der Waals surface area contributed by atoms with E-state index in [2.05, 4.69) is 15.9 Å². The summed E-state index contributed by atoms with van der Waals surface area (Å²) in [5, 5.41) is 8.33. The second-order valence-corrected chi connectivity index (χ2v) is 5.76. The lowest BCUT2D eigenvalue weighted by atomic mass is 9.86. The van der Waals surface area contributed by atoms with Crippen LogP contribution in [0.25, 0.3) is 0 Å². The van der Waals surface area contributed by atoms with Gasteiger partial charge in [0, 0.05) is 10.4 Å². The maximum absolute atomic E-state index is 10.1. The van der Waals surface area contributed by atoms with Crippen LogP contribution in [-0.2, 0) is 4.79 Å². The van der Waals surface area contributed by atoms with Crippen molar-refractivity contribution in [3.63, 3.8) is 0 Å². The van der Waals surface area contributed by atoms with Gasteiger partial charge in [0.25, 0.3) is 0 Å². The van der Waals surface area contributed by atoms with Gasteiger partial charge in [-0.25, -0.2) is 0 Å². The Balaban J connectivity index is 0.000000252. The van der Waals surface area contributed by atoms with Gasteiger partial charge in [0.1, 0.15) is 0 Å². The fourth-order valence-electron chi connectivity index (χ4n) is 0.750. The smallest absolute Gasteiger partial charge is 0.306 e. The summed E-state index contributed by atoms with van der Waals surface area (Å²) in [5.74, 6) is -0.722. The standard InChI is InChI=1S/C5H7BrO2.C4H11N/c6-4-1-3(2-4)5(7)8;1-4(2,3)5/h3-4H,1-2H2,(H,7,8);5H2,1-3H3. The van der Waals surface area contributed by atoms with E-state index in [1.165, 1.54) is 0 Å². The molecule has 1 fully saturated rings. The van der Waals surface area contributed by atoms with Gasteiger partial charge in [0.15, 0.2) is 0 Å². The first-order chi connectivity index (χ1) is 5.70. The molecule has 0 aromatic rings. The van der Waals surface area contributed by atoms with Crippen molar-refractivity contribution in [2.45, 2.75) is 44.0 Å². The summed E-state index contributed by atoms with van der Waals surface area (Å²) in [4.78, 5) is 10.6. The molecule has 1 aliphatic rings. The lowest BCUT2D eigenvalue weighted by molar-refractivity contribution is -0.144. The van der Waals surface area contributed by atoms with Gasteiger partial charge in [-0.2, -0.15) is 0 Å². The summed E-state index contributed by atoms with van der Waals surface area (Å²) in [5.41, 5.74) is 5.35. The topological polar surface area (TPSA) is 63.3 Å². The molecule has 78 valence electrons. The number of carboxylic acids is 1. The molecule has 0 atom stereocenters. The van der Waals surface area contributed by atoms with Gasteiger partial charge in [-0.15, -0.1) is 0 Å². The zero-order valence-corrected chi connectivity index (χ0v) is 9.97. The highest BCUT2D eigenvalue weighted by Gasteiger charge is 2.32. The van der Waals surface area contributed by atoms with Crippen LogP contribution in [0.2, 0.25) is 0 Å². The van der Waals surface area contributed by atoms with E-state index in [1.807, 2.05) is 20.8 Å². The maximum Gasteiger partial charge on any atom is 0.306 e. The fourth-order valence-corrected chi connectivity index (χ4v) is 1.65. The minimum absolute atomic E-state index is 0. The van der Waals surface area contributed by atoms with Gasteiger partial charge in [0.2, 0.25) is 0 Å².